The molecule has 0 bridgehead atoms. The van der Waals surface area contributed by atoms with Gasteiger partial charge in [-0.1, -0.05) is 11.6 Å². The van der Waals surface area contributed by atoms with E-state index in [1.807, 2.05) is 26.0 Å². The van der Waals surface area contributed by atoms with Gasteiger partial charge in [-0.2, -0.15) is 0 Å². The molecule has 3 nitrogen and oxygen atoms in total. The molecule has 72 valence electrons. The minimum absolute atomic E-state index is 0.432. The van der Waals surface area contributed by atoms with Crippen LogP contribution in [0.15, 0.2) is 22.6 Å². The Balaban J connectivity index is 2.51. The Kier molecular flexibility index (Phi) is 2.25. The molecule has 0 spiro atoms. The molecule has 0 amide bonds. The van der Waals surface area contributed by atoms with Crippen LogP contribution in [-0.2, 0) is 0 Å². The molecule has 0 N–H and O–H groups in total. The lowest BCUT2D eigenvalue weighted by Gasteiger charge is -1.98. The van der Waals surface area contributed by atoms with Crippen LogP contribution in [0.1, 0.15) is 11.5 Å². The van der Waals surface area contributed by atoms with Crippen LogP contribution in [0.3, 0.4) is 0 Å². The van der Waals surface area contributed by atoms with E-state index in [-0.39, 0.29) is 0 Å². The summed E-state index contributed by atoms with van der Waals surface area (Å²) in [6.45, 7) is 3.74. The highest BCUT2D eigenvalue weighted by Gasteiger charge is 2.07. The maximum absolute atomic E-state index is 5.81. The van der Waals surface area contributed by atoms with Crippen molar-refractivity contribution in [3.8, 4) is 11.6 Å². The first-order valence-electron chi connectivity index (χ1n) is 4.23. The smallest absolute Gasteiger partial charge is 0.197 e. The molecule has 2 aromatic heterocycles. The number of hydrogen-bond donors (Lipinski definition) is 0. The molecule has 2 heterocycles. The molecule has 0 saturated heterocycles. The highest BCUT2D eigenvalue weighted by Crippen LogP contribution is 2.19. The van der Waals surface area contributed by atoms with Crippen molar-refractivity contribution in [2.45, 2.75) is 13.8 Å². The van der Waals surface area contributed by atoms with Gasteiger partial charge >= 0.3 is 0 Å². The van der Waals surface area contributed by atoms with Crippen molar-refractivity contribution in [3.63, 3.8) is 0 Å². The van der Waals surface area contributed by atoms with Crippen molar-refractivity contribution in [2.75, 3.05) is 0 Å². The summed E-state index contributed by atoms with van der Waals surface area (Å²) in [5.41, 5.74) is 0.828. The third-order valence-corrected chi connectivity index (χ3v) is 1.98. The lowest BCUT2D eigenvalue weighted by molar-refractivity contribution is 0.544. The van der Waals surface area contributed by atoms with E-state index in [9.17, 15) is 0 Å². The summed E-state index contributed by atoms with van der Waals surface area (Å²) in [6.07, 6.45) is 0. The fourth-order valence-electron chi connectivity index (χ4n) is 1.20. The van der Waals surface area contributed by atoms with Gasteiger partial charge in [0.2, 0.25) is 0 Å². The van der Waals surface area contributed by atoms with Crippen LogP contribution in [0.25, 0.3) is 11.6 Å². The van der Waals surface area contributed by atoms with Gasteiger partial charge in [-0.3, -0.25) is 0 Å². The summed E-state index contributed by atoms with van der Waals surface area (Å²) in [7, 11) is 0. The van der Waals surface area contributed by atoms with Crippen LogP contribution < -0.4 is 0 Å². The fraction of sp³-hybridized carbons (Fsp3) is 0.200. The SMILES string of the molecule is Cc1cc(Cl)nc(-c2ccc(C)o2)n1. The standard InChI is InChI=1S/C10H9ClN2O/c1-6-5-9(11)13-10(12-6)8-4-3-7(2)14-8/h3-5H,1-2H3. The first kappa shape index (κ1) is 9.21. The van der Waals surface area contributed by atoms with Crippen molar-refractivity contribution in [2.24, 2.45) is 0 Å². The average Bonchev–Trinajstić information content (AvgIpc) is 2.50. The van der Waals surface area contributed by atoms with E-state index >= 15 is 0 Å². The molecular weight excluding hydrogens is 200 g/mol. The summed E-state index contributed by atoms with van der Waals surface area (Å²) in [6, 6.07) is 5.41. The monoisotopic (exact) mass is 208 g/mol. The summed E-state index contributed by atoms with van der Waals surface area (Å²) in [4.78, 5) is 8.31. The topological polar surface area (TPSA) is 38.9 Å². The van der Waals surface area contributed by atoms with Gasteiger partial charge < -0.3 is 4.42 Å². The summed E-state index contributed by atoms with van der Waals surface area (Å²) >= 11 is 5.81. The predicted octanol–water partition coefficient (Wildman–Crippen LogP) is 3.01. The van der Waals surface area contributed by atoms with Gasteiger partial charge in [-0.05, 0) is 32.0 Å². The zero-order valence-corrected chi connectivity index (χ0v) is 8.67. The average molecular weight is 209 g/mol. The molecule has 0 fully saturated rings. The van der Waals surface area contributed by atoms with Gasteiger partial charge in [0.15, 0.2) is 11.6 Å². The molecule has 0 aliphatic carbocycles. The maximum Gasteiger partial charge on any atom is 0.197 e. The molecule has 0 atom stereocenters. The number of halogens is 1. The Morgan fingerprint density at radius 2 is 2.00 bits per heavy atom. The van der Waals surface area contributed by atoms with Crippen LogP contribution in [0, 0.1) is 13.8 Å². The number of rotatable bonds is 1. The van der Waals surface area contributed by atoms with Crippen molar-refractivity contribution < 1.29 is 4.42 Å². The molecular formula is C10H9ClN2O. The Labute approximate surface area is 86.8 Å². The van der Waals surface area contributed by atoms with Crippen LogP contribution in [0.2, 0.25) is 5.15 Å². The Hall–Kier alpha value is -1.35. The Morgan fingerprint density at radius 3 is 2.57 bits per heavy atom. The van der Waals surface area contributed by atoms with Crippen LogP contribution in [0.4, 0.5) is 0 Å². The second-order valence-electron chi connectivity index (χ2n) is 3.07. The molecule has 0 unspecified atom stereocenters. The second-order valence-corrected chi connectivity index (χ2v) is 3.45. The van der Waals surface area contributed by atoms with E-state index in [0.717, 1.165) is 11.5 Å². The minimum Gasteiger partial charge on any atom is -0.458 e. The van der Waals surface area contributed by atoms with E-state index in [1.165, 1.54) is 0 Å². The van der Waals surface area contributed by atoms with Crippen molar-refractivity contribution in [3.05, 3.63) is 34.8 Å². The van der Waals surface area contributed by atoms with E-state index in [2.05, 4.69) is 9.97 Å². The third-order valence-electron chi connectivity index (χ3n) is 1.78. The summed E-state index contributed by atoms with van der Waals surface area (Å²) in [5.74, 6) is 2.01. The highest BCUT2D eigenvalue weighted by molar-refractivity contribution is 6.29. The van der Waals surface area contributed by atoms with E-state index in [0.29, 0.717) is 16.7 Å². The lowest BCUT2D eigenvalue weighted by atomic mass is 10.4. The first-order chi connectivity index (χ1) is 6.65. The van der Waals surface area contributed by atoms with E-state index in [4.69, 9.17) is 16.0 Å². The van der Waals surface area contributed by atoms with Gasteiger partial charge in [0, 0.05) is 5.69 Å². The second kappa shape index (κ2) is 3.42. The maximum atomic E-state index is 5.81. The number of nitrogens with zero attached hydrogens (tertiary/aromatic N) is 2. The number of hydrogen-bond acceptors (Lipinski definition) is 3. The van der Waals surface area contributed by atoms with Crippen LogP contribution >= 0.6 is 11.6 Å². The molecule has 0 aliphatic rings. The lowest BCUT2D eigenvalue weighted by Crippen LogP contribution is -1.90. The molecule has 2 rings (SSSR count). The van der Waals surface area contributed by atoms with Crippen molar-refractivity contribution >= 4 is 11.6 Å². The normalized spacial score (nSPS) is 10.5. The molecule has 0 radical (unpaired) electrons. The Morgan fingerprint density at radius 1 is 1.21 bits per heavy atom. The van der Waals surface area contributed by atoms with Crippen molar-refractivity contribution in [1.29, 1.82) is 0 Å². The van der Waals surface area contributed by atoms with Gasteiger partial charge in [-0.15, -0.1) is 0 Å². The Bertz CT molecular complexity index is 445. The quantitative estimate of drug-likeness (QED) is 0.677. The van der Waals surface area contributed by atoms with E-state index in [1.54, 1.807) is 6.07 Å². The van der Waals surface area contributed by atoms with Crippen molar-refractivity contribution in [1.82, 2.24) is 9.97 Å². The molecule has 0 saturated carbocycles. The van der Waals surface area contributed by atoms with Gasteiger partial charge in [-0.25, -0.2) is 9.97 Å². The summed E-state index contributed by atoms with van der Waals surface area (Å²) < 4.78 is 5.40. The molecule has 4 heteroatoms. The number of aromatic nitrogens is 2. The molecule has 14 heavy (non-hydrogen) atoms. The van der Waals surface area contributed by atoms with Crippen LogP contribution in [0.5, 0.6) is 0 Å². The molecule has 2 aromatic rings. The minimum atomic E-state index is 0.432. The highest BCUT2D eigenvalue weighted by atomic mass is 35.5. The zero-order valence-electron chi connectivity index (χ0n) is 7.91. The number of furan rings is 1. The van der Waals surface area contributed by atoms with Gasteiger partial charge in [0.05, 0.1) is 0 Å². The summed E-state index contributed by atoms with van der Waals surface area (Å²) in [5, 5.41) is 0.432. The fourth-order valence-corrected chi connectivity index (χ4v) is 1.43. The van der Waals surface area contributed by atoms with E-state index < -0.39 is 0 Å². The number of aryl methyl sites for hydroxylation is 2. The zero-order chi connectivity index (χ0) is 10.1. The molecule has 0 aromatic carbocycles. The molecule has 0 aliphatic heterocycles. The van der Waals surface area contributed by atoms with Gasteiger partial charge in [0.1, 0.15) is 10.9 Å². The predicted molar refractivity (Wildman–Crippen MR) is 54.2 cm³/mol. The largest absolute Gasteiger partial charge is 0.458 e. The first-order valence-corrected chi connectivity index (χ1v) is 4.61. The third kappa shape index (κ3) is 1.77. The van der Waals surface area contributed by atoms with Gasteiger partial charge in [0.25, 0.3) is 0 Å². The van der Waals surface area contributed by atoms with Crippen LogP contribution in [-0.4, -0.2) is 9.97 Å².